The van der Waals surface area contributed by atoms with Crippen molar-refractivity contribution < 1.29 is 14.6 Å². The van der Waals surface area contributed by atoms with E-state index in [4.69, 9.17) is 19.4 Å². The lowest BCUT2D eigenvalue weighted by atomic mass is 10.1. The number of fused-ring (bicyclic) bond motifs is 1. The number of hydrogen-bond acceptors (Lipinski definition) is 8. The predicted octanol–water partition coefficient (Wildman–Crippen LogP) is 5.69. The highest BCUT2D eigenvalue weighted by atomic mass is 16.5. The number of aliphatic hydroxyl groups is 1. The van der Waals surface area contributed by atoms with Gasteiger partial charge in [0.05, 0.1) is 49.4 Å². The van der Waals surface area contributed by atoms with E-state index in [0.717, 1.165) is 90.7 Å². The van der Waals surface area contributed by atoms with Crippen LogP contribution in [0.4, 0.5) is 11.4 Å². The van der Waals surface area contributed by atoms with Crippen molar-refractivity contribution >= 4 is 22.4 Å². The maximum absolute atomic E-state index is 10.5. The molecule has 2 fully saturated rings. The molecule has 3 heterocycles. The second-order valence-corrected chi connectivity index (χ2v) is 11.7. The summed E-state index contributed by atoms with van der Waals surface area (Å²) in [5.41, 5.74) is 5.53. The molecular weight excluding hydrogens is 528 g/mol. The summed E-state index contributed by atoms with van der Waals surface area (Å²) < 4.78 is 13.1. The molecule has 1 aliphatic heterocycles. The van der Waals surface area contributed by atoms with E-state index >= 15 is 0 Å². The molecule has 9 heteroatoms. The zero-order valence-electron chi connectivity index (χ0n) is 24.8. The molecule has 2 aromatic heterocycles. The molecular formula is C33H42N6O3. The maximum atomic E-state index is 10.5. The van der Waals surface area contributed by atoms with Gasteiger partial charge in [-0.2, -0.15) is 5.10 Å². The average Bonchev–Trinajstić information content (AvgIpc) is 3.73. The number of aryl methyl sites for hydroxylation is 1. The number of hydrogen-bond donors (Lipinski definition) is 1. The molecule has 1 unspecified atom stereocenters. The molecule has 0 bridgehead atoms. The molecule has 222 valence electrons. The monoisotopic (exact) mass is 570 g/mol. The van der Waals surface area contributed by atoms with Crippen molar-refractivity contribution in [2.45, 2.75) is 57.6 Å². The lowest BCUT2D eigenvalue weighted by Gasteiger charge is -2.28. The van der Waals surface area contributed by atoms with E-state index in [1.807, 2.05) is 35.4 Å². The van der Waals surface area contributed by atoms with E-state index in [2.05, 4.69) is 39.2 Å². The summed E-state index contributed by atoms with van der Waals surface area (Å²) >= 11 is 0. The van der Waals surface area contributed by atoms with E-state index in [1.165, 1.54) is 32.1 Å². The van der Waals surface area contributed by atoms with Crippen LogP contribution in [0.25, 0.3) is 22.3 Å². The van der Waals surface area contributed by atoms with Gasteiger partial charge in [-0.15, -0.1) is 0 Å². The largest absolute Gasteiger partial charge is 0.497 e. The Bertz CT molecular complexity index is 1460. The number of piperidine rings is 1. The van der Waals surface area contributed by atoms with Crippen LogP contribution in [0, 0.1) is 5.92 Å². The number of nitrogens with zero attached hydrogens (tertiary/aromatic N) is 6. The molecule has 0 amide bonds. The van der Waals surface area contributed by atoms with Crippen LogP contribution in [0.1, 0.15) is 44.9 Å². The van der Waals surface area contributed by atoms with Gasteiger partial charge in [-0.3, -0.25) is 9.67 Å². The van der Waals surface area contributed by atoms with Gasteiger partial charge in [-0.05, 0) is 75.7 Å². The summed E-state index contributed by atoms with van der Waals surface area (Å²) in [6.07, 6.45) is 13.4. The Morgan fingerprint density at radius 3 is 2.48 bits per heavy atom. The molecule has 1 saturated carbocycles. The molecule has 9 nitrogen and oxygen atoms in total. The van der Waals surface area contributed by atoms with E-state index < -0.39 is 0 Å². The molecule has 42 heavy (non-hydrogen) atoms. The third-order valence-electron chi connectivity index (χ3n) is 8.39. The molecule has 0 spiro atoms. The van der Waals surface area contributed by atoms with E-state index in [9.17, 15) is 5.11 Å². The van der Waals surface area contributed by atoms with Gasteiger partial charge >= 0.3 is 0 Å². The second kappa shape index (κ2) is 13.1. The van der Waals surface area contributed by atoms with E-state index in [1.54, 1.807) is 14.2 Å². The molecule has 1 saturated heterocycles. The summed E-state index contributed by atoms with van der Waals surface area (Å²) in [5, 5.41) is 15.1. The number of likely N-dealkylation sites (tertiary alicyclic amines) is 1. The highest BCUT2D eigenvalue weighted by Crippen LogP contribution is 2.38. The number of aliphatic hydroxyl groups excluding tert-OH is 1. The van der Waals surface area contributed by atoms with Crippen molar-refractivity contribution in [3.05, 3.63) is 55.0 Å². The quantitative estimate of drug-likeness (QED) is 0.220. The Hall–Kier alpha value is -3.69. The zero-order valence-corrected chi connectivity index (χ0v) is 24.8. The van der Waals surface area contributed by atoms with Crippen molar-refractivity contribution in [3.8, 4) is 22.8 Å². The Morgan fingerprint density at radius 1 is 0.952 bits per heavy atom. The highest BCUT2D eigenvalue weighted by molar-refractivity contribution is 5.82. The molecule has 2 aromatic carbocycles. The first-order valence-electron chi connectivity index (χ1n) is 15.3. The Balaban J connectivity index is 1.16. The lowest BCUT2D eigenvalue weighted by molar-refractivity contribution is 0.0921. The van der Waals surface area contributed by atoms with E-state index in [-0.39, 0.29) is 6.10 Å². The lowest BCUT2D eigenvalue weighted by Crippen LogP contribution is -2.36. The van der Waals surface area contributed by atoms with Crippen LogP contribution in [0.5, 0.6) is 11.5 Å². The maximum Gasteiger partial charge on any atom is 0.124 e. The summed E-state index contributed by atoms with van der Waals surface area (Å²) in [6, 6.07) is 12.3. The number of ether oxygens (including phenoxy) is 2. The summed E-state index contributed by atoms with van der Waals surface area (Å²) in [7, 11) is 3.36. The first-order chi connectivity index (χ1) is 20.6. The fraction of sp³-hybridized carbons (Fsp3) is 0.485. The van der Waals surface area contributed by atoms with Gasteiger partial charge in [-0.25, -0.2) is 4.98 Å². The molecule has 1 aliphatic carbocycles. The van der Waals surface area contributed by atoms with Crippen LogP contribution >= 0.6 is 0 Å². The number of methoxy groups -OCH3 is 2. The Labute approximate surface area is 248 Å². The highest BCUT2D eigenvalue weighted by Gasteiger charge is 2.26. The second-order valence-electron chi connectivity index (χ2n) is 11.7. The van der Waals surface area contributed by atoms with Gasteiger partial charge in [0.25, 0.3) is 0 Å². The van der Waals surface area contributed by atoms with Crippen LogP contribution in [-0.4, -0.2) is 76.3 Å². The number of benzene rings is 2. The van der Waals surface area contributed by atoms with Crippen molar-refractivity contribution in [2.24, 2.45) is 5.92 Å². The third-order valence-corrected chi connectivity index (χ3v) is 8.39. The molecule has 2 aliphatic rings. The first kappa shape index (κ1) is 28.4. The Kier molecular flexibility index (Phi) is 8.86. The zero-order chi connectivity index (χ0) is 28.9. The van der Waals surface area contributed by atoms with Gasteiger partial charge in [0.2, 0.25) is 0 Å². The average molecular weight is 571 g/mol. The van der Waals surface area contributed by atoms with Crippen LogP contribution in [0.2, 0.25) is 0 Å². The van der Waals surface area contributed by atoms with Gasteiger partial charge in [-0.1, -0.05) is 6.42 Å². The fourth-order valence-electron chi connectivity index (χ4n) is 5.81. The number of β-amino-alcohol motifs (C(OH)–C–C–N with tert-alkyl or cyclic N) is 1. The third kappa shape index (κ3) is 7.02. The fourth-order valence-corrected chi connectivity index (χ4v) is 5.81. The van der Waals surface area contributed by atoms with Crippen LogP contribution in [-0.2, 0) is 6.54 Å². The minimum Gasteiger partial charge on any atom is -0.497 e. The molecule has 0 radical (unpaired) electrons. The SMILES string of the molecule is COc1cc(OC)cc(N(CC2CC2)c2ccc3ncc(-c4cnn(CCCC(O)CN5CCCCC5)c4)nc3c2)c1. The number of anilines is 2. The molecule has 1 N–H and O–H groups in total. The first-order valence-corrected chi connectivity index (χ1v) is 15.3. The topological polar surface area (TPSA) is 88.8 Å². The molecule has 1 atom stereocenters. The molecule has 4 aromatic rings. The van der Waals surface area contributed by atoms with Gasteiger partial charge in [0.15, 0.2) is 0 Å². The summed E-state index contributed by atoms with van der Waals surface area (Å²) in [5.74, 6) is 2.20. The summed E-state index contributed by atoms with van der Waals surface area (Å²) in [4.78, 5) is 14.4. The Morgan fingerprint density at radius 2 is 1.74 bits per heavy atom. The van der Waals surface area contributed by atoms with Crippen molar-refractivity contribution in [1.29, 1.82) is 0 Å². The van der Waals surface area contributed by atoms with Crippen LogP contribution in [0.15, 0.2) is 55.0 Å². The molecule has 6 rings (SSSR count). The van der Waals surface area contributed by atoms with Crippen molar-refractivity contribution in [2.75, 3.05) is 45.3 Å². The predicted molar refractivity (Wildman–Crippen MR) is 166 cm³/mol. The number of aromatic nitrogens is 4. The van der Waals surface area contributed by atoms with Gasteiger partial charge < -0.3 is 24.4 Å². The van der Waals surface area contributed by atoms with Crippen LogP contribution < -0.4 is 14.4 Å². The smallest absolute Gasteiger partial charge is 0.124 e. The van der Waals surface area contributed by atoms with Gasteiger partial charge in [0, 0.05) is 61.0 Å². The number of rotatable bonds is 13. The van der Waals surface area contributed by atoms with Crippen molar-refractivity contribution in [3.63, 3.8) is 0 Å². The minimum atomic E-state index is -0.281. The summed E-state index contributed by atoms with van der Waals surface area (Å²) in [6.45, 7) is 4.70. The normalized spacial score (nSPS) is 16.5. The van der Waals surface area contributed by atoms with Crippen LogP contribution in [0.3, 0.4) is 0 Å². The standard InChI is InChI=1S/C33H42N6O3/c1-41-29-15-27(16-30(18-29)42-2)39(21-24-8-9-24)26-10-11-31-32(17-26)36-33(20-34-31)25-19-35-38(22-25)14-6-7-28(40)23-37-12-4-3-5-13-37/h10-11,15-20,22,24,28,40H,3-9,12-14,21,23H2,1-2H3. The van der Waals surface area contributed by atoms with E-state index in [0.29, 0.717) is 5.92 Å². The van der Waals surface area contributed by atoms with Gasteiger partial charge in [0.1, 0.15) is 11.5 Å². The van der Waals surface area contributed by atoms with Crippen molar-refractivity contribution in [1.82, 2.24) is 24.6 Å². The minimum absolute atomic E-state index is 0.281.